The van der Waals surface area contributed by atoms with Crippen LogP contribution in [-0.2, 0) is 6.42 Å². The number of fused-ring (bicyclic) bond motifs is 3. The van der Waals surface area contributed by atoms with E-state index in [0.717, 1.165) is 40.1 Å². The molecular formula is C13H13NO2. The molecule has 0 saturated heterocycles. The molecule has 2 heterocycles. The van der Waals surface area contributed by atoms with Gasteiger partial charge in [0.2, 0.25) is 0 Å². The Bertz CT molecular complexity index is 554. The normalized spacial score (nSPS) is 13.8. The van der Waals surface area contributed by atoms with Gasteiger partial charge < -0.3 is 14.8 Å². The minimum absolute atomic E-state index is 0.332. The van der Waals surface area contributed by atoms with E-state index in [1.807, 2.05) is 19.2 Å². The fourth-order valence-electron chi connectivity index (χ4n) is 2.29. The van der Waals surface area contributed by atoms with E-state index < -0.39 is 0 Å². The summed E-state index contributed by atoms with van der Waals surface area (Å²) in [6.45, 7) is 6.45. The first-order chi connectivity index (χ1) is 7.68. The molecule has 2 aliphatic heterocycles. The molecule has 1 aliphatic carbocycles. The number of H-pyrrole nitrogens is 1. The van der Waals surface area contributed by atoms with Crippen molar-refractivity contribution in [3.8, 4) is 22.8 Å². The highest BCUT2D eigenvalue weighted by molar-refractivity contribution is 5.87. The molecule has 0 aromatic carbocycles. The van der Waals surface area contributed by atoms with Crippen LogP contribution in [0.15, 0.2) is 18.8 Å². The zero-order valence-corrected chi connectivity index (χ0v) is 9.13. The Balaban J connectivity index is 2.35. The molecule has 0 saturated carbocycles. The lowest BCUT2D eigenvalue weighted by atomic mass is 10.0. The lowest BCUT2D eigenvalue weighted by molar-refractivity contribution is 0.345. The summed E-state index contributed by atoms with van der Waals surface area (Å²) in [5, 5.41) is 10.2. The van der Waals surface area contributed by atoms with E-state index in [1.54, 1.807) is 0 Å². The van der Waals surface area contributed by atoms with Gasteiger partial charge in [-0.3, -0.25) is 0 Å². The highest BCUT2D eigenvalue weighted by atomic mass is 16.5. The summed E-state index contributed by atoms with van der Waals surface area (Å²) >= 11 is 0. The first-order valence-corrected chi connectivity index (χ1v) is 5.33. The molecule has 0 fully saturated rings. The number of ether oxygens (including phenoxy) is 1. The van der Waals surface area contributed by atoms with Crippen molar-refractivity contribution >= 4 is 5.57 Å². The summed E-state index contributed by atoms with van der Waals surface area (Å²) in [5.41, 5.74) is 4.69. The van der Waals surface area contributed by atoms with Gasteiger partial charge in [-0.2, -0.15) is 0 Å². The molecule has 2 N–H and O–H groups in total. The van der Waals surface area contributed by atoms with E-state index in [1.165, 1.54) is 0 Å². The van der Waals surface area contributed by atoms with Crippen molar-refractivity contribution in [2.75, 3.05) is 6.61 Å². The van der Waals surface area contributed by atoms with Crippen molar-refractivity contribution in [1.29, 1.82) is 0 Å². The molecule has 0 bridgehead atoms. The fourth-order valence-corrected chi connectivity index (χ4v) is 2.29. The van der Waals surface area contributed by atoms with Crippen molar-refractivity contribution < 1.29 is 9.84 Å². The number of nitrogens with one attached hydrogen (secondary N) is 1. The first kappa shape index (κ1) is 9.33. The maximum atomic E-state index is 10.2. The molecule has 3 nitrogen and oxygen atoms in total. The Labute approximate surface area is 93.7 Å². The Morgan fingerprint density at radius 3 is 3.12 bits per heavy atom. The Morgan fingerprint density at radius 2 is 2.38 bits per heavy atom. The molecular weight excluding hydrogens is 202 g/mol. The van der Waals surface area contributed by atoms with Gasteiger partial charge in [0, 0.05) is 34.9 Å². The third-order valence-electron chi connectivity index (χ3n) is 3.07. The zero-order chi connectivity index (χ0) is 11.3. The number of hydrogen-bond acceptors (Lipinski definition) is 2. The SMILES string of the molecule is C=C(C)c1cc2c[nH]c3c(c-2c1O)CCO3. The van der Waals surface area contributed by atoms with Gasteiger partial charge >= 0.3 is 0 Å². The molecule has 16 heavy (non-hydrogen) atoms. The highest BCUT2D eigenvalue weighted by Gasteiger charge is 2.25. The molecule has 82 valence electrons. The van der Waals surface area contributed by atoms with Crippen molar-refractivity contribution in [1.82, 2.24) is 4.98 Å². The number of allylic oxidation sites excluding steroid dienone is 1. The van der Waals surface area contributed by atoms with Crippen molar-refractivity contribution in [3.05, 3.63) is 30.0 Å². The van der Waals surface area contributed by atoms with E-state index in [2.05, 4.69) is 11.6 Å². The average Bonchev–Trinajstić information content (AvgIpc) is 2.81. The second-order valence-corrected chi connectivity index (χ2v) is 4.21. The van der Waals surface area contributed by atoms with Gasteiger partial charge in [-0.1, -0.05) is 6.58 Å². The summed E-state index contributed by atoms with van der Waals surface area (Å²) in [6, 6.07) is 1.96. The van der Waals surface area contributed by atoms with Crippen LogP contribution in [0.25, 0.3) is 16.7 Å². The van der Waals surface area contributed by atoms with Crippen molar-refractivity contribution in [3.63, 3.8) is 0 Å². The molecule has 3 heteroatoms. The lowest BCUT2D eigenvalue weighted by Gasteiger charge is -2.06. The predicted octanol–water partition coefficient (Wildman–Crippen LogP) is 2.79. The van der Waals surface area contributed by atoms with Crippen LogP contribution in [-0.4, -0.2) is 16.7 Å². The van der Waals surface area contributed by atoms with Crippen LogP contribution in [0.5, 0.6) is 11.6 Å². The van der Waals surface area contributed by atoms with Gasteiger partial charge in [-0.15, -0.1) is 0 Å². The summed E-state index contributed by atoms with van der Waals surface area (Å²) < 4.78 is 5.44. The molecule has 3 aliphatic rings. The second kappa shape index (κ2) is 3.04. The second-order valence-electron chi connectivity index (χ2n) is 4.21. The van der Waals surface area contributed by atoms with E-state index in [9.17, 15) is 5.11 Å². The van der Waals surface area contributed by atoms with Gasteiger partial charge in [0.25, 0.3) is 0 Å². The van der Waals surface area contributed by atoms with Crippen LogP contribution in [0.3, 0.4) is 0 Å². The van der Waals surface area contributed by atoms with Crippen molar-refractivity contribution in [2.24, 2.45) is 0 Å². The van der Waals surface area contributed by atoms with Gasteiger partial charge in [0.05, 0.1) is 6.61 Å². The van der Waals surface area contributed by atoms with E-state index in [0.29, 0.717) is 12.4 Å². The number of rotatable bonds is 1. The first-order valence-electron chi connectivity index (χ1n) is 5.33. The highest BCUT2D eigenvalue weighted by Crippen LogP contribution is 2.45. The predicted molar refractivity (Wildman–Crippen MR) is 63.0 cm³/mol. The van der Waals surface area contributed by atoms with Gasteiger partial charge in [0.1, 0.15) is 5.75 Å². The number of aromatic nitrogens is 1. The lowest BCUT2D eigenvalue weighted by Crippen LogP contribution is -1.87. The fraction of sp³-hybridized carbons (Fsp3) is 0.231. The Hall–Kier alpha value is -1.90. The molecule has 0 atom stereocenters. The molecule has 0 aromatic rings. The van der Waals surface area contributed by atoms with Crippen LogP contribution < -0.4 is 4.74 Å². The summed E-state index contributed by atoms with van der Waals surface area (Å²) in [4.78, 5) is 3.11. The minimum Gasteiger partial charge on any atom is -0.507 e. The number of aromatic amines is 1. The van der Waals surface area contributed by atoms with Crippen molar-refractivity contribution in [2.45, 2.75) is 13.3 Å². The molecule has 0 spiro atoms. The van der Waals surface area contributed by atoms with Crippen LogP contribution in [0, 0.1) is 0 Å². The third kappa shape index (κ3) is 1.08. The largest absolute Gasteiger partial charge is 0.507 e. The standard InChI is InChI=1S/C13H13NO2/c1-7(2)10-5-8-6-14-13-9(3-4-16-13)11(8)12(10)15/h5-6,14-15H,1,3-4H2,2H3. The zero-order valence-electron chi connectivity index (χ0n) is 9.13. The van der Waals surface area contributed by atoms with Gasteiger partial charge in [0.15, 0.2) is 5.88 Å². The topological polar surface area (TPSA) is 45.2 Å². The summed E-state index contributed by atoms with van der Waals surface area (Å²) in [7, 11) is 0. The molecule has 0 radical (unpaired) electrons. The van der Waals surface area contributed by atoms with E-state index >= 15 is 0 Å². The average molecular weight is 215 g/mol. The summed E-state index contributed by atoms with van der Waals surface area (Å²) in [6.07, 6.45) is 2.71. The van der Waals surface area contributed by atoms with Crippen LogP contribution >= 0.6 is 0 Å². The smallest absolute Gasteiger partial charge is 0.194 e. The van der Waals surface area contributed by atoms with Crippen LogP contribution in [0.1, 0.15) is 18.1 Å². The maximum Gasteiger partial charge on any atom is 0.194 e. The molecule has 0 amide bonds. The minimum atomic E-state index is 0.332. The van der Waals surface area contributed by atoms with E-state index in [-0.39, 0.29) is 0 Å². The van der Waals surface area contributed by atoms with Gasteiger partial charge in [-0.05, 0) is 18.6 Å². The molecule has 3 rings (SSSR count). The number of aromatic hydroxyl groups is 1. The monoisotopic (exact) mass is 215 g/mol. The third-order valence-corrected chi connectivity index (χ3v) is 3.07. The van der Waals surface area contributed by atoms with Crippen LogP contribution in [0.2, 0.25) is 0 Å². The Morgan fingerprint density at radius 1 is 1.56 bits per heavy atom. The maximum absolute atomic E-state index is 10.2. The molecule has 0 unspecified atom stereocenters. The quantitative estimate of drug-likeness (QED) is 0.768. The van der Waals surface area contributed by atoms with Crippen LogP contribution in [0.4, 0.5) is 0 Å². The number of hydrogen-bond donors (Lipinski definition) is 2. The molecule has 0 aromatic heterocycles. The number of pyridine rings is 1. The van der Waals surface area contributed by atoms with E-state index in [4.69, 9.17) is 4.74 Å². The summed E-state index contributed by atoms with van der Waals surface area (Å²) in [5.74, 6) is 1.11. The Kier molecular flexibility index (Phi) is 1.78. The van der Waals surface area contributed by atoms with Gasteiger partial charge in [-0.25, -0.2) is 0 Å².